The zero-order valence-electron chi connectivity index (χ0n) is 11.1. The Bertz CT molecular complexity index is 474. The number of carbonyl (C=O) groups is 1. The number of likely N-dealkylation sites (tertiary alicyclic amines) is 1. The number of carbonyl (C=O) groups excluding carboxylic acids is 1. The summed E-state index contributed by atoms with van der Waals surface area (Å²) in [5, 5.41) is 3.00. The van der Waals surface area contributed by atoms with Crippen molar-refractivity contribution in [3.8, 4) is 0 Å². The van der Waals surface area contributed by atoms with Crippen molar-refractivity contribution in [3.63, 3.8) is 0 Å². The molecule has 1 amide bonds. The molecule has 0 aliphatic carbocycles. The van der Waals surface area contributed by atoms with Gasteiger partial charge in [-0.3, -0.25) is 9.69 Å². The van der Waals surface area contributed by atoms with Crippen molar-refractivity contribution in [3.05, 3.63) is 29.8 Å². The zero-order valence-corrected chi connectivity index (χ0v) is 11.1. The molecule has 0 bridgehead atoms. The lowest BCUT2D eigenvalue weighted by molar-refractivity contribution is -0.124. The molecule has 2 fully saturated rings. The fourth-order valence-corrected chi connectivity index (χ4v) is 3.34. The smallest absolute Gasteiger partial charge is 0.224 e. The third kappa shape index (κ3) is 2.45. The predicted octanol–water partition coefficient (Wildman–Crippen LogP) is 1.02. The van der Waals surface area contributed by atoms with Gasteiger partial charge in [0.2, 0.25) is 5.91 Å². The van der Waals surface area contributed by atoms with Gasteiger partial charge in [0.15, 0.2) is 0 Å². The molecule has 2 atom stereocenters. The second-order valence-electron chi connectivity index (χ2n) is 5.55. The van der Waals surface area contributed by atoms with Gasteiger partial charge in [-0.05, 0) is 37.4 Å². The maximum atomic E-state index is 11.7. The fourth-order valence-electron chi connectivity index (χ4n) is 3.34. The summed E-state index contributed by atoms with van der Waals surface area (Å²) in [5.74, 6) is 0.454. The lowest BCUT2D eigenvalue weighted by Gasteiger charge is -2.35. The Hall–Kier alpha value is -1.55. The lowest BCUT2D eigenvalue weighted by Crippen LogP contribution is -2.46. The van der Waals surface area contributed by atoms with Crippen molar-refractivity contribution in [2.45, 2.75) is 25.3 Å². The van der Waals surface area contributed by atoms with Gasteiger partial charge >= 0.3 is 0 Å². The summed E-state index contributed by atoms with van der Waals surface area (Å²) in [6.45, 7) is 2.90. The van der Waals surface area contributed by atoms with Crippen LogP contribution in [-0.2, 0) is 11.2 Å². The van der Waals surface area contributed by atoms with E-state index in [4.69, 9.17) is 5.73 Å². The average molecular weight is 259 g/mol. The summed E-state index contributed by atoms with van der Waals surface area (Å²) < 4.78 is 0. The number of nitrogens with zero attached hydrogens (tertiary/aromatic N) is 1. The predicted molar refractivity (Wildman–Crippen MR) is 75.7 cm³/mol. The van der Waals surface area contributed by atoms with Crippen molar-refractivity contribution < 1.29 is 4.79 Å². The van der Waals surface area contributed by atoms with E-state index < -0.39 is 0 Å². The van der Waals surface area contributed by atoms with Gasteiger partial charge in [0, 0.05) is 24.8 Å². The Labute approximate surface area is 114 Å². The van der Waals surface area contributed by atoms with E-state index >= 15 is 0 Å². The molecule has 0 aromatic heterocycles. The molecule has 3 N–H and O–H groups in total. The Morgan fingerprint density at radius 1 is 1.37 bits per heavy atom. The number of anilines is 1. The Balaban J connectivity index is 1.64. The van der Waals surface area contributed by atoms with Crippen molar-refractivity contribution >= 4 is 11.6 Å². The van der Waals surface area contributed by atoms with E-state index in [1.165, 1.54) is 5.56 Å². The molecule has 4 heteroatoms. The monoisotopic (exact) mass is 259 g/mol. The molecule has 4 nitrogen and oxygen atoms in total. The number of benzene rings is 1. The summed E-state index contributed by atoms with van der Waals surface area (Å²) in [6.07, 6.45) is 3.13. The molecule has 1 aromatic carbocycles. The van der Waals surface area contributed by atoms with E-state index in [9.17, 15) is 4.79 Å². The molecular formula is C15H21N3O. The minimum atomic E-state index is 0.210. The van der Waals surface area contributed by atoms with E-state index in [1.807, 2.05) is 18.2 Å². The number of piperidine rings is 1. The topological polar surface area (TPSA) is 58.4 Å². The van der Waals surface area contributed by atoms with Crippen LogP contribution < -0.4 is 11.1 Å². The molecule has 2 heterocycles. The standard InChI is InChI=1S/C15H21N3O/c16-13-6-2-1-4-11(13)7-9-18-8-3-5-12-14(18)10-17-15(12)19/h1-2,4,6,12,14H,3,5,7-10,16H2,(H,17,19). The second-order valence-corrected chi connectivity index (χ2v) is 5.55. The molecule has 0 saturated carbocycles. The highest BCUT2D eigenvalue weighted by Gasteiger charge is 2.40. The van der Waals surface area contributed by atoms with E-state index in [0.29, 0.717) is 6.04 Å². The highest BCUT2D eigenvalue weighted by atomic mass is 16.2. The maximum absolute atomic E-state index is 11.7. The van der Waals surface area contributed by atoms with Gasteiger partial charge < -0.3 is 11.1 Å². The van der Waals surface area contributed by atoms with E-state index in [2.05, 4.69) is 16.3 Å². The Morgan fingerprint density at radius 3 is 3.05 bits per heavy atom. The van der Waals surface area contributed by atoms with Crippen LogP contribution in [0.1, 0.15) is 18.4 Å². The van der Waals surface area contributed by atoms with Gasteiger partial charge in [-0.1, -0.05) is 18.2 Å². The minimum absolute atomic E-state index is 0.210. The van der Waals surface area contributed by atoms with Crippen LogP contribution in [-0.4, -0.2) is 36.5 Å². The fraction of sp³-hybridized carbons (Fsp3) is 0.533. The van der Waals surface area contributed by atoms with Crippen LogP contribution in [0.3, 0.4) is 0 Å². The van der Waals surface area contributed by atoms with E-state index in [-0.39, 0.29) is 11.8 Å². The van der Waals surface area contributed by atoms with Crippen LogP contribution in [0.25, 0.3) is 0 Å². The molecule has 19 heavy (non-hydrogen) atoms. The number of hydrogen-bond acceptors (Lipinski definition) is 3. The number of amides is 1. The van der Waals surface area contributed by atoms with E-state index in [1.54, 1.807) is 0 Å². The summed E-state index contributed by atoms with van der Waals surface area (Å²) >= 11 is 0. The van der Waals surface area contributed by atoms with Crippen LogP contribution in [0.4, 0.5) is 5.69 Å². The third-order valence-electron chi connectivity index (χ3n) is 4.44. The molecule has 1 aromatic rings. The number of para-hydroxylation sites is 1. The maximum Gasteiger partial charge on any atom is 0.224 e. The molecule has 2 aliphatic rings. The summed E-state index contributed by atoms with van der Waals surface area (Å²) in [5.41, 5.74) is 8.06. The SMILES string of the molecule is Nc1ccccc1CCN1CCCC2C(=O)NCC21. The Morgan fingerprint density at radius 2 is 2.21 bits per heavy atom. The van der Waals surface area contributed by atoms with Crippen molar-refractivity contribution in [2.75, 3.05) is 25.4 Å². The van der Waals surface area contributed by atoms with Gasteiger partial charge in [-0.2, -0.15) is 0 Å². The highest BCUT2D eigenvalue weighted by molar-refractivity contribution is 5.82. The molecular weight excluding hydrogens is 238 g/mol. The van der Waals surface area contributed by atoms with Crippen molar-refractivity contribution in [1.29, 1.82) is 0 Å². The zero-order chi connectivity index (χ0) is 13.2. The largest absolute Gasteiger partial charge is 0.399 e. The second kappa shape index (κ2) is 5.21. The summed E-state index contributed by atoms with van der Waals surface area (Å²) in [4.78, 5) is 14.2. The van der Waals surface area contributed by atoms with Gasteiger partial charge in [0.1, 0.15) is 0 Å². The van der Waals surface area contributed by atoms with Gasteiger partial charge in [0.05, 0.1) is 5.92 Å². The van der Waals surface area contributed by atoms with Crippen LogP contribution in [0, 0.1) is 5.92 Å². The minimum Gasteiger partial charge on any atom is -0.399 e. The first kappa shape index (κ1) is 12.5. The number of hydrogen-bond donors (Lipinski definition) is 2. The molecule has 2 aliphatic heterocycles. The molecule has 2 saturated heterocycles. The average Bonchev–Trinajstić information content (AvgIpc) is 2.81. The van der Waals surface area contributed by atoms with Crippen molar-refractivity contribution in [2.24, 2.45) is 5.92 Å². The van der Waals surface area contributed by atoms with Crippen LogP contribution in [0.2, 0.25) is 0 Å². The highest BCUT2D eigenvalue weighted by Crippen LogP contribution is 2.27. The molecule has 2 unspecified atom stereocenters. The molecule has 3 rings (SSSR count). The molecule has 0 radical (unpaired) electrons. The van der Waals surface area contributed by atoms with Crippen LogP contribution in [0.15, 0.2) is 24.3 Å². The number of rotatable bonds is 3. The third-order valence-corrected chi connectivity index (χ3v) is 4.44. The molecule has 102 valence electrons. The molecule has 0 spiro atoms. The number of nitrogens with two attached hydrogens (primary N) is 1. The number of fused-ring (bicyclic) bond motifs is 1. The number of nitrogen functional groups attached to an aromatic ring is 1. The van der Waals surface area contributed by atoms with Gasteiger partial charge in [-0.15, -0.1) is 0 Å². The summed E-state index contributed by atoms with van der Waals surface area (Å²) in [7, 11) is 0. The Kier molecular flexibility index (Phi) is 3.42. The normalized spacial score (nSPS) is 27.1. The first-order chi connectivity index (χ1) is 9.25. The van der Waals surface area contributed by atoms with Gasteiger partial charge in [-0.25, -0.2) is 0 Å². The number of nitrogens with one attached hydrogen (secondary N) is 1. The van der Waals surface area contributed by atoms with Crippen molar-refractivity contribution in [1.82, 2.24) is 10.2 Å². The first-order valence-corrected chi connectivity index (χ1v) is 7.11. The van der Waals surface area contributed by atoms with Crippen LogP contribution in [0.5, 0.6) is 0 Å². The first-order valence-electron chi connectivity index (χ1n) is 7.11. The van der Waals surface area contributed by atoms with Crippen LogP contribution >= 0.6 is 0 Å². The summed E-state index contributed by atoms with van der Waals surface area (Å²) in [6, 6.07) is 8.44. The van der Waals surface area contributed by atoms with Gasteiger partial charge in [0.25, 0.3) is 0 Å². The van der Waals surface area contributed by atoms with E-state index in [0.717, 1.165) is 44.6 Å². The quantitative estimate of drug-likeness (QED) is 0.797. The lowest BCUT2D eigenvalue weighted by atomic mass is 9.91.